The standard InChI is InChI=1S/C15H14N2O4/c1-9-5-3-7-12(10(9)2)16-13-8-4-6-11(15(18)19)14(13)17(20)21/h3-8,16H,1-2H3,(H,18,19). The highest BCUT2D eigenvalue weighted by Gasteiger charge is 2.24. The van der Waals surface area contributed by atoms with E-state index in [-0.39, 0.29) is 11.3 Å². The molecule has 0 saturated heterocycles. The third-order valence-corrected chi connectivity index (χ3v) is 3.32. The molecule has 0 aromatic heterocycles. The third kappa shape index (κ3) is 2.84. The van der Waals surface area contributed by atoms with Crippen molar-refractivity contribution in [3.63, 3.8) is 0 Å². The van der Waals surface area contributed by atoms with E-state index in [1.54, 1.807) is 6.07 Å². The molecule has 0 unspecified atom stereocenters. The SMILES string of the molecule is Cc1cccc(Nc2cccc(C(=O)O)c2[N+](=O)[O-])c1C. The number of aromatic carboxylic acids is 1. The Hall–Kier alpha value is -2.89. The number of carboxylic acids is 1. The van der Waals surface area contributed by atoms with E-state index < -0.39 is 16.6 Å². The highest BCUT2D eigenvalue weighted by molar-refractivity contribution is 5.96. The van der Waals surface area contributed by atoms with Crippen LogP contribution in [0.1, 0.15) is 21.5 Å². The number of benzene rings is 2. The fourth-order valence-electron chi connectivity index (χ4n) is 2.05. The van der Waals surface area contributed by atoms with Gasteiger partial charge in [-0.3, -0.25) is 10.1 Å². The van der Waals surface area contributed by atoms with Crippen LogP contribution >= 0.6 is 0 Å². The number of hydrogen-bond acceptors (Lipinski definition) is 4. The summed E-state index contributed by atoms with van der Waals surface area (Å²) in [5.41, 5.74) is 2.08. The van der Waals surface area contributed by atoms with E-state index in [1.165, 1.54) is 18.2 Å². The number of rotatable bonds is 4. The molecule has 0 bridgehead atoms. The van der Waals surface area contributed by atoms with Crippen LogP contribution in [0.5, 0.6) is 0 Å². The summed E-state index contributed by atoms with van der Waals surface area (Å²) in [5, 5.41) is 23.2. The van der Waals surface area contributed by atoms with Gasteiger partial charge in [-0.25, -0.2) is 4.79 Å². The molecule has 2 aromatic carbocycles. The van der Waals surface area contributed by atoms with Gasteiger partial charge in [-0.15, -0.1) is 0 Å². The van der Waals surface area contributed by atoms with E-state index >= 15 is 0 Å². The Morgan fingerprint density at radius 1 is 1.14 bits per heavy atom. The van der Waals surface area contributed by atoms with E-state index in [0.29, 0.717) is 5.69 Å². The second-order valence-corrected chi connectivity index (χ2v) is 4.64. The van der Waals surface area contributed by atoms with E-state index in [2.05, 4.69) is 5.32 Å². The minimum absolute atomic E-state index is 0.161. The Labute approximate surface area is 121 Å². The van der Waals surface area contributed by atoms with Gasteiger partial charge in [0.25, 0.3) is 0 Å². The molecule has 2 N–H and O–H groups in total. The van der Waals surface area contributed by atoms with E-state index in [9.17, 15) is 14.9 Å². The van der Waals surface area contributed by atoms with Gasteiger partial charge in [0, 0.05) is 5.69 Å². The van der Waals surface area contributed by atoms with Crippen molar-refractivity contribution in [2.24, 2.45) is 0 Å². The number of carbonyl (C=O) groups is 1. The lowest BCUT2D eigenvalue weighted by molar-refractivity contribution is -0.384. The van der Waals surface area contributed by atoms with Gasteiger partial charge in [-0.2, -0.15) is 0 Å². The van der Waals surface area contributed by atoms with Crippen molar-refractivity contribution in [2.45, 2.75) is 13.8 Å². The molecule has 0 radical (unpaired) electrons. The van der Waals surface area contributed by atoms with Gasteiger partial charge in [0.05, 0.1) is 4.92 Å². The van der Waals surface area contributed by atoms with Crippen molar-refractivity contribution < 1.29 is 14.8 Å². The molecule has 6 heteroatoms. The number of nitrogens with one attached hydrogen (secondary N) is 1. The van der Waals surface area contributed by atoms with E-state index in [4.69, 9.17) is 5.11 Å². The molecule has 0 amide bonds. The molecule has 2 aromatic rings. The molecule has 2 rings (SSSR count). The van der Waals surface area contributed by atoms with Crippen molar-refractivity contribution in [1.29, 1.82) is 0 Å². The number of anilines is 2. The molecule has 108 valence electrons. The molecular weight excluding hydrogens is 272 g/mol. The molecule has 0 spiro atoms. The second-order valence-electron chi connectivity index (χ2n) is 4.64. The monoisotopic (exact) mass is 286 g/mol. The lowest BCUT2D eigenvalue weighted by Crippen LogP contribution is -2.06. The molecule has 0 aliphatic carbocycles. The number of nitrogens with zero attached hydrogens (tertiary/aromatic N) is 1. The predicted molar refractivity (Wildman–Crippen MR) is 79.3 cm³/mol. The van der Waals surface area contributed by atoms with Crippen LogP contribution in [0.15, 0.2) is 36.4 Å². The zero-order chi connectivity index (χ0) is 15.6. The summed E-state index contributed by atoms with van der Waals surface area (Å²) in [5.74, 6) is -1.33. The van der Waals surface area contributed by atoms with Crippen molar-refractivity contribution in [3.8, 4) is 0 Å². The van der Waals surface area contributed by atoms with Gasteiger partial charge < -0.3 is 10.4 Å². The Kier molecular flexibility index (Phi) is 3.89. The zero-order valence-corrected chi connectivity index (χ0v) is 11.6. The summed E-state index contributed by atoms with van der Waals surface area (Å²) < 4.78 is 0. The minimum atomic E-state index is -1.33. The van der Waals surface area contributed by atoms with Gasteiger partial charge in [0.2, 0.25) is 0 Å². The summed E-state index contributed by atoms with van der Waals surface area (Å²) in [7, 11) is 0. The Bertz CT molecular complexity index is 726. The summed E-state index contributed by atoms with van der Waals surface area (Å²) in [6.45, 7) is 3.83. The fourth-order valence-corrected chi connectivity index (χ4v) is 2.05. The van der Waals surface area contributed by atoms with Crippen LogP contribution in [0, 0.1) is 24.0 Å². The van der Waals surface area contributed by atoms with Crippen LogP contribution in [0.25, 0.3) is 0 Å². The topological polar surface area (TPSA) is 92.5 Å². The van der Waals surface area contributed by atoms with Crippen LogP contribution < -0.4 is 5.32 Å². The van der Waals surface area contributed by atoms with Crippen molar-refractivity contribution in [1.82, 2.24) is 0 Å². The first-order chi connectivity index (χ1) is 9.91. The lowest BCUT2D eigenvalue weighted by atomic mass is 10.1. The highest BCUT2D eigenvalue weighted by Crippen LogP contribution is 2.32. The molecule has 0 aliphatic rings. The van der Waals surface area contributed by atoms with E-state index in [0.717, 1.165) is 11.1 Å². The largest absolute Gasteiger partial charge is 0.477 e. The Balaban J connectivity index is 2.54. The maximum Gasteiger partial charge on any atom is 0.342 e. The number of para-hydroxylation sites is 1. The summed E-state index contributed by atoms with van der Waals surface area (Å²) in [6, 6.07) is 9.74. The Morgan fingerprint density at radius 2 is 1.76 bits per heavy atom. The lowest BCUT2D eigenvalue weighted by Gasteiger charge is -2.12. The fraction of sp³-hybridized carbons (Fsp3) is 0.133. The van der Waals surface area contributed by atoms with Crippen molar-refractivity contribution in [2.75, 3.05) is 5.32 Å². The Morgan fingerprint density at radius 3 is 2.38 bits per heavy atom. The van der Waals surface area contributed by atoms with Gasteiger partial charge in [-0.1, -0.05) is 18.2 Å². The third-order valence-electron chi connectivity index (χ3n) is 3.32. The van der Waals surface area contributed by atoms with Gasteiger partial charge in [0.15, 0.2) is 0 Å². The van der Waals surface area contributed by atoms with Crippen LogP contribution in [0.4, 0.5) is 17.1 Å². The van der Waals surface area contributed by atoms with Crippen LogP contribution in [-0.4, -0.2) is 16.0 Å². The van der Waals surface area contributed by atoms with Crippen LogP contribution in [0.3, 0.4) is 0 Å². The zero-order valence-electron chi connectivity index (χ0n) is 11.6. The quantitative estimate of drug-likeness (QED) is 0.661. The average molecular weight is 286 g/mol. The highest BCUT2D eigenvalue weighted by atomic mass is 16.6. The minimum Gasteiger partial charge on any atom is -0.477 e. The van der Waals surface area contributed by atoms with Gasteiger partial charge >= 0.3 is 11.7 Å². The molecule has 0 atom stereocenters. The first-order valence-electron chi connectivity index (χ1n) is 6.25. The molecule has 0 aliphatic heterocycles. The summed E-state index contributed by atoms with van der Waals surface area (Å²) in [6.07, 6.45) is 0. The molecule has 0 fully saturated rings. The summed E-state index contributed by atoms with van der Waals surface area (Å²) in [4.78, 5) is 21.6. The second kappa shape index (κ2) is 5.62. The number of nitro benzene ring substituents is 1. The number of nitro groups is 1. The first-order valence-corrected chi connectivity index (χ1v) is 6.25. The van der Waals surface area contributed by atoms with Crippen LogP contribution in [0.2, 0.25) is 0 Å². The maximum absolute atomic E-state index is 11.2. The van der Waals surface area contributed by atoms with Crippen molar-refractivity contribution in [3.05, 3.63) is 63.2 Å². The molecule has 21 heavy (non-hydrogen) atoms. The van der Waals surface area contributed by atoms with Gasteiger partial charge in [0.1, 0.15) is 11.3 Å². The first kappa shape index (κ1) is 14.5. The van der Waals surface area contributed by atoms with Gasteiger partial charge in [-0.05, 0) is 43.2 Å². The maximum atomic E-state index is 11.2. The van der Waals surface area contributed by atoms with Crippen molar-refractivity contribution >= 4 is 23.0 Å². The molecule has 6 nitrogen and oxygen atoms in total. The molecule has 0 heterocycles. The number of hydrogen-bond donors (Lipinski definition) is 2. The number of aryl methyl sites for hydroxylation is 1. The molecule has 0 saturated carbocycles. The number of carboxylic acid groups (broad SMARTS) is 1. The van der Waals surface area contributed by atoms with E-state index in [1.807, 2.05) is 26.0 Å². The molecular formula is C15H14N2O4. The average Bonchev–Trinajstić information content (AvgIpc) is 2.43. The smallest absolute Gasteiger partial charge is 0.342 e. The normalized spacial score (nSPS) is 10.2. The summed E-state index contributed by atoms with van der Waals surface area (Å²) >= 11 is 0. The van der Waals surface area contributed by atoms with Crippen LogP contribution in [-0.2, 0) is 0 Å². The predicted octanol–water partition coefficient (Wildman–Crippen LogP) is 3.65.